The Morgan fingerprint density at radius 1 is 1.39 bits per heavy atom. The van der Waals surface area contributed by atoms with E-state index in [-0.39, 0.29) is 17.9 Å². The predicted octanol–water partition coefficient (Wildman–Crippen LogP) is 3.00. The van der Waals surface area contributed by atoms with Crippen LogP contribution in [0.3, 0.4) is 0 Å². The van der Waals surface area contributed by atoms with E-state index in [1.54, 1.807) is 0 Å². The van der Waals surface area contributed by atoms with Gasteiger partial charge in [0.05, 0.1) is 5.92 Å². The number of nitrogens with zero attached hydrogens (tertiary/aromatic N) is 1. The maximum absolute atomic E-state index is 11.1. The number of benzene rings is 1. The molecule has 1 fully saturated rings. The summed E-state index contributed by atoms with van der Waals surface area (Å²) in [6, 6.07) is 8.74. The summed E-state index contributed by atoms with van der Waals surface area (Å²) >= 11 is 2.29. The maximum Gasteiger partial charge on any atom is 0.308 e. The molecule has 0 aromatic heterocycles. The monoisotopic (exact) mass is 359 g/mol. The van der Waals surface area contributed by atoms with Crippen LogP contribution < -0.4 is 0 Å². The molecule has 1 aliphatic heterocycles. The lowest BCUT2D eigenvalue weighted by atomic mass is 9.99. The molecule has 1 aromatic carbocycles. The van der Waals surface area contributed by atoms with Crippen LogP contribution in [0.5, 0.6) is 0 Å². The lowest BCUT2D eigenvalue weighted by Gasteiger charge is -2.24. The minimum absolute atomic E-state index is 0.226. The smallest absolute Gasteiger partial charge is 0.308 e. The molecule has 3 atom stereocenters. The number of carboxylic acids is 1. The molecule has 1 aromatic rings. The molecule has 0 radical (unpaired) electrons. The van der Waals surface area contributed by atoms with E-state index in [1.165, 1.54) is 9.13 Å². The van der Waals surface area contributed by atoms with Gasteiger partial charge in [0.15, 0.2) is 0 Å². The second-order valence-corrected chi connectivity index (χ2v) is 6.35. The van der Waals surface area contributed by atoms with E-state index in [1.807, 2.05) is 6.92 Å². The van der Waals surface area contributed by atoms with E-state index in [0.717, 1.165) is 6.54 Å². The summed E-state index contributed by atoms with van der Waals surface area (Å²) in [6.45, 7) is 5.70. The highest BCUT2D eigenvalue weighted by Gasteiger charge is 2.36. The number of halogens is 1. The van der Waals surface area contributed by atoms with Gasteiger partial charge in [-0.2, -0.15) is 0 Å². The zero-order valence-corrected chi connectivity index (χ0v) is 12.8. The van der Waals surface area contributed by atoms with E-state index >= 15 is 0 Å². The molecule has 18 heavy (non-hydrogen) atoms. The minimum Gasteiger partial charge on any atom is -0.481 e. The van der Waals surface area contributed by atoms with Crippen LogP contribution in [0.15, 0.2) is 24.3 Å². The Morgan fingerprint density at radius 3 is 2.50 bits per heavy atom. The summed E-state index contributed by atoms with van der Waals surface area (Å²) in [5.74, 6) is -0.662. The molecule has 4 heteroatoms. The van der Waals surface area contributed by atoms with Crippen molar-refractivity contribution < 1.29 is 9.90 Å². The third-order valence-electron chi connectivity index (χ3n) is 3.86. The molecule has 1 aliphatic rings. The number of hydrogen-bond acceptors (Lipinski definition) is 2. The SMILES string of the molecule is CC1CN(C(C)c2ccc(I)cc2)CC1C(=O)O. The van der Waals surface area contributed by atoms with Crippen molar-refractivity contribution >= 4 is 28.6 Å². The van der Waals surface area contributed by atoms with Crippen molar-refractivity contribution in [3.8, 4) is 0 Å². The normalized spacial score (nSPS) is 26.2. The highest BCUT2D eigenvalue weighted by molar-refractivity contribution is 14.1. The molecule has 0 saturated carbocycles. The molecular weight excluding hydrogens is 341 g/mol. The molecule has 0 aliphatic carbocycles. The quantitative estimate of drug-likeness (QED) is 0.844. The van der Waals surface area contributed by atoms with Gasteiger partial charge >= 0.3 is 5.97 Å². The summed E-state index contributed by atoms with van der Waals surface area (Å²) in [7, 11) is 0. The van der Waals surface area contributed by atoms with Crippen molar-refractivity contribution in [2.24, 2.45) is 11.8 Å². The first-order chi connectivity index (χ1) is 8.49. The number of likely N-dealkylation sites (tertiary alicyclic amines) is 1. The van der Waals surface area contributed by atoms with Crippen molar-refractivity contribution in [2.45, 2.75) is 19.9 Å². The first-order valence-corrected chi connectivity index (χ1v) is 7.29. The minimum atomic E-state index is -0.667. The number of hydrogen-bond donors (Lipinski definition) is 1. The van der Waals surface area contributed by atoms with Gasteiger partial charge in [0.25, 0.3) is 0 Å². The van der Waals surface area contributed by atoms with Gasteiger partial charge in [0, 0.05) is 22.7 Å². The molecule has 1 heterocycles. The second kappa shape index (κ2) is 5.57. The highest BCUT2D eigenvalue weighted by Crippen LogP contribution is 2.31. The van der Waals surface area contributed by atoms with Crippen LogP contribution in [0, 0.1) is 15.4 Å². The van der Waals surface area contributed by atoms with Crippen LogP contribution in [0.25, 0.3) is 0 Å². The van der Waals surface area contributed by atoms with Crippen LogP contribution in [0.4, 0.5) is 0 Å². The zero-order valence-electron chi connectivity index (χ0n) is 10.6. The van der Waals surface area contributed by atoms with E-state index < -0.39 is 5.97 Å². The molecule has 1 saturated heterocycles. The van der Waals surface area contributed by atoms with Crippen molar-refractivity contribution in [3.63, 3.8) is 0 Å². The average Bonchev–Trinajstić information content (AvgIpc) is 2.71. The maximum atomic E-state index is 11.1. The van der Waals surface area contributed by atoms with E-state index in [2.05, 4.69) is 58.7 Å². The topological polar surface area (TPSA) is 40.5 Å². The first-order valence-electron chi connectivity index (χ1n) is 6.21. The van der Waals surface area contributed by atoms with Gasteiger partial charge in [-0.25, -0.2) is 0 Å². The van der Waals surface area contributed by atoms with Crippen molar-refractivity contribution in [3.05, 3.63) is 33.4 Å². The fourth-order valence-electron chi connectivity index (χ4n) is 2.59. The lowest BCUT2D eigenvalue weighted by Crippen LogP contribution is -2.26. The second-order valence-electron chi connectivity index (χ2n) is 5.10. The molecule has 0 amide bonds. The van der Waals surface area contributed by atoms with E-state index in [0.29, 0.717) is 6.54 Å². The fourth-order valence-corrected chi connectivity index (χ4v) is 2.95. The van der Waals surface area contributed by atoms with E-state index in [4.69, 9.17) is 5.11 Å². The third-order valence-corrected chi connectivity index (χ3v) is 4.58. The van der Waals surface area contributed by atoms with Crippen LogP contribution in [-0.2, 0) is 4.79 Å². The Kier molecular flexibility index (Phi) is 4.27. The lowest BCUT2D eigenvalue weighted by molar-refractivity contribution is -0.142. The third kappa shape index (κ3) is 2.85. The zero-order chi connectivity index (χ0) is 13.3. The molecule has 2 rings (SSSR count). The number of aliphatic carboxylic acids is 1. The molecule has 1 N–H and O–H groups in total. The summed E-state index contributed by atoms with van der Waals surface area (Å²) in [5.41, 5.74) is 1.26. The number of carbonyl (C=O) groups is 1. The molecule has 3 unspecified atom stereocenters. The Bertz CT molecular complexity index is 432. The number of carboxylic acid groups (broad SMARTS) is 1. The average molecular weight is 359 g/mol. The predicted molar refractivity (Wildman–Crippen MR) is 79.4 cm³/mol. The van der Waals surface area contributed by atoms with E-state index in [9.17, 15) is 4.79 Å². The Morgan fingerprint density at radius 2 is 2.00 bits per heavy atom. The molecule has 98 valence electrons. The summed E-state index contributed by atoms with van der Waals surface area (Å²) < 4.78 is 1.22. The van der Waals surface area contributed by atoms with Crippen LogP contribution in [-0.4, -0.2) is 29.1 Å². The Labute approximate surface area is 121 Å². The van der Waals surface area contributed by atoms with Gasteiger partial charge in [-0.3, -0.25) is 9.69 Å². The molecule has 0 spiro atoms. The summed E-state index contributed by atoms with van der Waals surface area (Å²) in [5, 5.41) is 9.16. The van der Waals surface area contributed by atoms with Crippen LogP contribution in [0.1, 0.15) is 25.5 Å². The first kappa shape index (κ1) is 13.8. The van der Waals surface area contributed by atoms with Gasteiger partial charge in [-0.05, 0) is 53.1 Å². The van der Waals surface area contributed by atoms with Crippen molar-refractivity contribution in [1.29, 1.82) is 0 Å². The van der Waals surface area contributed by atoms with Crippen LogP contribution in [0.2, 0.25) is 0 Å². The molecule has 0 bridgehead atoms. The summed E-state index contributed by atoms with van der Waals surface area (Å²) in [6.07, 6.45) is 0. The van der Waals surface area contributed by atoms with Gasteiger partial charge in [0.1, 0.15) is 0 Å². The number of rotatable bonds is 3. The van der Waals surface area contributed by atoms with Crippen LogP contribution >= 0.6 is 22.6 Å². The van der Waals surface area contributed by atoms with Gasteiger partial charge in [-0.1, -0.05) is 19.1 Å². The van der Waals surface area contributed by atoms with Gasteiger partial charge in [-0.15, -0.1) is 0 Å². The Balaban J connectivity index is 2.09. The largest absolute Gasteiger partial charge is 0.481 e. The van der Waals surface area contributed by atoms with Gasteiger partial charge in [0.2, 0.25) is 0 Å². The highest BCUT2D eigenvalue weighted by atomic mass is 127. The standard InChI is InChI=1S/C14H18INO2/c1-9-7-16(8-13(9)14(17)18)10(2)11-3-5-12(15)6-4-11/h3-6,9-10,13H,7-8H2,1-2H3,(H,17,18). The van der Waals surface area contributed by atoms with Crippen molar-refractivity contribution in [1.82, 2.24) is 4.90 Å². The van der Waals surface area contributed by atoms with Gasteiger partial charge < -0.3 is 5.11 Å². The molecular formula is C14H18INO2. The fraction of sp³-hybridized carbons (Fsp3) is 0.500. The molecule has 3 nitrogen and oxygen atoms in total. The summed E-state index contributed by atoms with van der Waals surface area (Å²) in [4.78, 5) is 13.4. The Hall–Kier alpha value is -0.620. The van der Waals surface area contributed by atoms with Crippen molar-refractivity contribution in [2.75, 3.05) is 13.1 Å².